The van der Waals surface area contributed by atoms with Gasteiger partial charge in [0.1, 0.15) is 11.8 Å². The molecule has 0 fully saturated rings. The minimum atomic E-state index is -0.335. The number of rotatable bonds is 3. The lowest BCUT2D eigenvalue weighted by molar-refractivity contribution is -0.689. The van der Waals surface area contributed by atoms with E-state index < -0.39 is 0 Å². The largest absolute Gasteiger partial charge is 0.454 e. The number of hydrogen-bond acceptors (Lipinski definition) is 3. The first-order chi connectivity index (χ1) is 13.7. The van der Waals surface area contributed by atoms with Crippen molar-refractivity contribution >= 4 is 22.9 Å². The van der Waals surface area contributed by atoms with E-state index in [1.807, 2.05) is 49.4 Å². The first-order valence-electron chi connectivity index (χ1n) is 9.39. The second-order valence-electron chi connectivity index (χ2n) is 7.01. The van der Waals surface area contributed by atoms with Crippen molar-refractivity contribution in [3.63, 3.8) is 0 Å². The van der Waals surface area contributed by atoms with Crippen molar-refractivity contribution in [2.45, 2.75) is 19.6 Å². The quantitative estimate of drug-likeness (QED) is 0.508. The van der Waals surface area contributed by atoms with Crippen LogP contribution >= 0.6 is 0 Å². The third kappa shape index (κ3) is 2.74. The predicted molar refractivity (Wildman–Crippen MR) is 108 cm³/mol. The van der Waals surface area contributed by atoms with Crippen molar-refractivity contribution in [2.75, 3.05) is 0 Å². The van der Waals surface area contributed by atoms with Crippen LogP contribution in [-0.4, -0.2) is 11.7 Å². The Bertz CT molecular complexity index is 1150. The molecule has 3 heterocycles. The van der Waals surface area contributed by atoms with Gasteiger partial charge in [0, 0.05) is 17.2 Å². The molecule has 0 aliphatic carbocycles. The number of aliphatic imine (C=N–C) groups is 1. The summed E-state index contributed by atoms with van der Waals surface area (Å²) in [6.45, 7) is 2.67. The average molecular weight is 367 g/mol. The maximum Gasteiger partial charge on any atom is 0.338 e. The van der Waals surface area contributed by atoms with E-state index in [2.05, 4.69) is 29.0 Å². The van der Waals surface area contributed by atoms with Gasteiger partial charge in [-0.1, -0.05) is 36.4 Å². The number of carbonyl (C=O) groups excluding carboxylic acids is 1. The molecule has 0 radical (unpaired) electrons. The lowest BCUT2D eigenvalue weighted by Crippen LogP contribution is -2.43. The van der Waals surface area contributed by atoms with E-state index in [4.69, 9.17) is 9.73 Å². The molecule has 4 heteroatoms. The van der Waals surface area contributed by atoms with Gasteiger partial charge in [-0.05, 0) is 37.3 Å². The van der Waals surface area contributed by atoms with Gasteiger partial charge in [0.05, 0.1) is 16.8 Å². The summed E-state index contributed by atoms with van der Waals surface area (Å²) in [5, 5.41) is 0. The summed E-state index contributed by atoms with van der Waals surface area (Å²) in [5.74, 6) is -0.311. The maximum absolute atomic E-state index is 12.3. The maximum atomic E-state index is 12.3. The van der Waals surface area contributed by atoms with E-state index in [0.29, 0.717) is 5.56 Å². The number of pyridine rings is 1. The molecule has 4 nitrogen and oxygen atoms in total. The summed E-state index contributed by atoms with van der Waals surface area (Å²) < 4.78 is 7.82. The molecule has 3 aromatic rings. The molecule has 136 valence electrons. The number of para-hydroxylation sites is 1. The SMILES string of the molecule is CC(OC(=O)c1ccccc1)c1ccc2[n+](c1)CC=C1C2=Nc2ccccc21. The first-order valence-corrected chi connectivity index (χ1v) is 9.39. The Morgan fingerprint density at radius 3 is 2.68 bits per heavy atom. The standard InChI is InChI=1S/C24H19N2O2/c1-16(28-24(27)17-7-3-2-4-8-17)18-11-12-22-23-20(13-14-26(22)15-18)19-9-5-6-10-21(19)25-23/h2-13,15-16H,14H2,1H3/q+1. The molecule has 0 N–H and O–H groups in total. The molecule has 0 amide bonds. The van der Waals surface area contributed by atoms with Gasteiger partial charge in [-0.3, -0.25) is 0 Å². The van der Waals surface area contributed by atoms with Gasteiger partial charge in [-0.15, -0.1) is 0 Å². The number of nitrogens with zero attached hydrogens (tertiary/aromatic N) is 2. The summed E-state index contributed by atoms with van der Waals surface area (Å²) in [7, 11) is 0. The third-order valence-electron chi connectivity index (χ3n) is 5.23. The number of ether oxygens (including phenoxy) is 1. The smallest absolute Gasteiger partial charge is 0.338 e. The Hall–Kier alpha value is -3.53. The Labute approximate surface area is 163 Å². The summed E-state index contributed by atoms with van der Waals surface area (Å²) in [4.78, 5) is 17.2. The van der Waals surface area contributed by atoms with E-state index in [-0.39, 0.29) is 12.1 Å². The number of fused-ring (bicyclic) bond motifs is 5. The highest BCUT2D eigenvalue weighted by molar-refractivity contribution is 6.35. The van der Waals surface area contributed by atoms with Crippen molar-refractivity contribution in [1.29, 1.82) is 0 Å². The zero-order valence-corrected chi connectivity index (χ0v) is 15.5. The van der Waals surface area contributed by atoms with Crippen LogP contribution < -0.4 is 4.57 Å². The van der Waals surface area contributed by atoms with Crippen LogP contribution in [0.3, 0.4) is 0 Å². The summed E-state index contributed by atoms with van der Waals surface area (Å²) >= 11 is 0. The van der Waals surface area contributed by atoms with Crippen molar-refractivity contribution in [1.82, 2.24) is 0 Å². The van der Waals surface area contributed by atoms with Crippen molar-refractivity contribution in [3.8, 4) is 0 Å². The highest BCUT2D eigenvalue weighted by atomic mass is 16.5. The molecule has 1 atom stereocenters. The first kappa shape index (κ1) is 16.6. The number of aromatic nitrogens is 1. The van der Waals surface area contributed by atoms with Crippen LogP contribution in [-0.2, 0) is 11.3 Å². The Morgan fingerprint density at radius 2 is 1.82 bits per heavy atom. The van der Waals surface area contributed by atoms with Crippen LogP contribution in [0.4, 0.5) is 5.69 Å². The van der Waals surface area contributed by atoms with Crippen LogP contribution in [0, 0.1) is 0 Å². The van der Waals surface area contributed by atoms with Gasteiger partial charge in [-0.2, -0.15) is 4.57 Å². The lowest BCUT2D eigenvalue weighted by atomic mass is 9.97. The minimum Gasteiger partial charge on any atom is -0.454 e. The number of carbonyl (C=O) groups is 1. The van der Waals surface area contributed by atoms with Crippen LogP contribution in [0.1, 0.15) is 40.2 Å². The van der Waals surface area contributed by atoms with Gasteiger partial charge < -0.3 is 4.74 Å². The van der Waals surface area contributed by atoms with Crippen molar-refractivity contribution in [3.05, 3.63) is 101 Å². The molecule has 1 aromatic heterocycles. The fourth-order valence-corrected chi connectivity index (χ4v) is 3.74. The van der Waals surface area contributed by atoms with E-state index >= 15 is 0 Å². The fourth-order valence-electron chi connectivity index (χ4n) is 3.74. The molecular formula is C24H19N2O2+. The van der Waals surface area contributed by atoms with Crippen molar-refractivity contribution < 1.29 is 14.1 Å². The number of allylic oxidation sites excluding steroid dienone is 2. The Kier molecular flexibility index (Phi) is 3.90. The second kappa shape index (κ2) is 6.57. The number of benzene rings is 2. The summed E-state index contributed by atoms with van der Waals surface area (Å²) in [5.41, 5.74) is 7.02. The van der Waals surface area contributed by atoms with Crippen LogP contribution in [0.2, 0.25) is 0 Å². The predicted octanol–water partition coefficient (Wildman–Crippen LogP) is 4.42. The van der Waals surface area contributed by atoms with Crippen LogP contribution in [0.15, 0.2) is 84.0 Å². The lowest BCUT2D eigenvalue weighted by Gasteiger charge is -2.15. The molecule has 1 unspecified atom stereocenters. The summed E-state index contributed by atoms with van der Waals surface area (Å²) in [6, 6.07) is 21.4. The molecule has 0 saturated carbocycles. The fraction of sp³-hybridized carbons (Fsp3) is 0.125. The van der Waals surface area contributed by atoms with Crippen LogP contribution in [0.5, 0.6) is 0 Å². The molecule has 0 saturated heterocycles. The number of esters is 1. The van der Waals surface area contributed by atoms with Gasteiger partial charge in [0.15, 0.2) is 12.7 Å². The Morgan fingerprint density at radius 1 is 1.04 bits per heavy atom. The molecule has 2 aromatic carbocycles. The van der Waals surface area contributed by atoms with Crippen LogP contribution in [0.25, 0.3) is 5.57 Å². The zero-order chi connectivity index (χ0) is 19.1. The molecule has 28 heavy (non-hydrogen) atoms. The minimum absolute atomic E-state index is 0.311. The second-order valence-corrected chi connectivity index (χ2v) is 7.01. The van der Waals surface area contributed by atoms with Crippen molar-refractivity contribution in [2.24, 2.45) is 4.99 Å². The average Bonchev–Trinajstić information content (AvgIpc) is 3.13. The third-order valence-corrected chi connectivity index (χ3v) is 5.23. The monoisotopic (exact) mass is 367 g/mol. The zero-order valence-electron chi connectivity index (χ0n) is 15.5. The van der Waals surface area contributed by atoms with E-state index in [1.165, 1.54) is 11.1 Å². The highest BCUT2D eigenvalue weighted by Crippen LogP contribution is 2.37. The topological polar surface area (TPSA) is 42.5 Å². The van der Waals surface area contributed by atoms with E-state index in [9.17, 15) is 4.79 Å². The normalized spacial score (nSPS) is 14.9. The van der Waals surface area contributed by atoms with Gasteiger partial charge in [0.25, 0.3) is 0 Å². The number of hydrogen-bond donors (Lipinski definition) is 0. The highest BCUT2D eigenvalue weighted by Gasteiger charge is 2.32. The van der Waals surface area contributed by atoms with Gasteiger partial charge in [0.2, 0.25) is 5.69 Å². The van der Waals surface area contributed by atoms with E-state index in [0.717, 1.165) is 29.2 Å². The molecule has 0 bridgehead atoms. The van der Waals surface area contributed by atoms with E-state index in [1.54, 1.807) is 12.1 Å². The van der Waals surface area contributed by atoms with Gasteiger partial charge >= 0.3 is 5.97 Å². The molecule has 2 aliphatic rings. The molecule has 2 aliphatic heterocycles. The summed E-state index contributed by atoms with van der Waals surface area (Å²) in [6.07, 6.45) is 3.93. The van der Waals surface area contributed by atoms with Gasteiger partial charge in [-0.25, -0.2) is 9.79 Å². The Balaban J connectivity index is 1.41. The molecule has 5 rings (SSSR count). The molecule has 0 spiro atoms. The molecular weight excluding hydrogens is 348 g/mol.